The van der Waals surface area contributed by atoms with Gasteiger partial charge in [-0.15, -0.1) is 0 Å². The highest BCUT2D eigenvalue weighted by Crippen LogP contribution is 2.34. The molecule has 1 amide bonds. The molecule has 178 valence electrons. The zero-order chi connectivity index (χ0) is 23.9. The summed E-state index contributed by atoms with van der Waals surface area (Å²) < 4.78 is 3.42. The van der Waals surface area contributed by atoms with Crippen molar-refractivity contribution in [1.29, 1.82) is 0 Å². The monoisotopic (exact) mass is 486 g/mol. The fourth-order valence-electron chi connectivity index (χ4n) is 4.91. The first-order valence-electron chi connectivity index (χ1n) is 11.9. The quantitative estimate of drug-likeness (QED) is 0.412. The van der Waals surface area contributed by atoms with Gasteiger partial charge in [-0.1, -0.05) is 42.1 Å². The third-order valence-electron chi connectivity index (χ3n) is 6.78. The first-order valence-corrected chi connectivity index (χ1v) is 12.8. The number of hydrogen-bond donors (Lipinski definition) is 0. The highest BCUT2D eigenvalue weighted by atomic mass is 32.2. The van der Waals surface area contributed by atoms with Crippen molar-refractivity contribution in [2.75, 3.05) is 36.8 Å². The number of anilines is 1. The van der Waals surface area contributed by atoms with Crippen molar-refractivity contribution < 1.29 is 4.79 Å². The normalized spacial score (nSPS) is 17.7. The van der Waals surface area contributed by atoms with Crippen molar-refractivity contribution in [2.45, 2.75) is 24.5 Å². The van der Waals surface area contributed by atoms with Crippen LogP contribution in [-0.2, 0) is 4.79 Å². The Labute approximate surface area is 207 Å². The fraction of sp³-hybridized carbons (Fsp3) is 0.308. The first kappa shape index (κ1) is 21.9. The summed E-state index contributed by atoms with van der Waals surface area (Å²) in [5.74, 6) is 0.765. The van der Waals surface area contributed by atoms with E-state index < -0.39 is 0 Å². The second-order valence-electron chi connectivity index (χ2n) is 9.07. The third-order valence-corrected chi connectivity index (χ3v) is 7.88. The molecule has 4 aromatic rings. The lowest BCUT2D eigenvalue weighted by atomic mass is 10.1. The molecule has 2 aromatic carbocycles. The van der Waals surface area contributed by atoms with E-state index >= 15 is 0 Å². The summed E-state index contributed by atoms with van der Waals surface area (Å²) in [6.07, 6.45) is 1.90. The number of nitrogens with zero attached hydrogens (tertiary/aromatic N) is 6. The Morgan fingerprint density at radius 1 is 1.03 bits per heavy atom. The van der Waals surface area contributed by atoms with Crippen molar-refractivity contribution in [3.05, 3.63) is 76.7 Å². The number of carbonyl (C=O) groups is 1. The second-order valence-corrected chi connectivity index (χ2v) is 10.1. The predicted molar refractivity (Wildman–Crippen MR) is 137 cm³/mol. The zero-order valence-corrected chi connectivity index (χ0v) is 20.3. The van der Waals surface area contributed by atoms with Crippen LogP contribution in [0, 0.1) is 6.92 Å². The Bertz CT molecular complexity index is 1460. The van der Waals surface area contributed by atoms with Crippen molar-refractivity contribution in [3.63, 3.8) is 0 Å². The minimum atomic E-state index is -0.193. The van der Waals surface area contributed by atoms with Crippen molar-refractivity contribution in [3.8, 4) is 5.69 Å². The lowest BCUT2D eigenvalue weighted by Gasteiger charge is -2.36. The number of aryl methyl sites for hydroxylation is 1. The summed E-state index contributed by atoms with van der Waals surface area (Å²) in [5, 5.41) is 5.59. The van der Waals surface area contributed by atoms with E-state index in [4.69, 9.17) is 4.98 Å². The van der Waals surface area contributed by atoms with Gasteiger partial charge in [0, 0.05) is 44.0 Å². The molecule has 0 aliphatic carbocycles. The molecule has 0 bridgehead atoms. The SMILES string of the molecule is Cc1cccc(-n2ncc3c(=O)n4c(nc32)SCC4CC(=O)N2CCN(c3ccccc3)CC2)c1. The van der Waals surface area contributed by atoms with Gasteiger partial charge in [-0.2, -0.15) is 5.10 Å². The molecule has 0 saturated carbocycles. The van der Waals surface area contributed by atoms with Crippen LogP contribution < -0.4 is 10.5 Å². The number of carbonyl (C=O) groups excluding carboxylic acids is 1. The number of thioether (sulfide) groups is 1. The van der Waals surface area contributed by atoms with Gasteiger partial charge in [0.1, 0.15) is 5.39 Å². The summed E-state index contributed by atoms with van der Waals surface area (Å²) in [6.45, 7) is 5.03. The van der Waals surface area contributed by atoms with Crippen LogP contribution in [0.2, 0.25) is 0 Å². The molecule has 4 heterocycles. The Morgan fingerprint density at radius 3 is 2.57 bits per heavy atom. The standard InChI is InChI=1S/C26H26N6O2S/c1-18-6-5-9-20(14-18)32-24-22(16-27-32)25(34)31-21(17-35-26(31)28-24)15-23(33)30-12-10-29(11-13-30)19-7-3-2-4-8-19/h2-9,14,16,21H,10-13,15,17H2,1H3. The summed E-state index contributed by atoms with van der Waals surface area (Å²) in [7, 11) is 0. The van der Waals surface area contributed by atoms with E-state index in [2.05, 4.69) is 22.1 Å². The Hall–Kier alpha value is -3.59. The average Bonchev–Trinajstić information content (AvgIpc) is 3.50. The van der Waals surface area contributed by atoms with Gasteiger partial charge in [0.25, 0.3) is 5.56 Å². The highest BCUT2D eigenvalue weighted by molar-refractivity contribution is 7.99. The van der Waals surface area contributed by atoms with Gasteiger partial charge in [0.15, 0.2) is 10.8 Å². The van der Waals surface area contributed by atoms with Crippen LogP contribution in [-0.4, -0.2) is 62.1 Å². The number of rotatable bonds is 4. The Kier molecular flexibility index (Phi) is 5.56. The molecule has 2 aliphatic heterocycles. The molecule has 1 atom stereocenters. The molecule has 1 saturated heterocycles. The van der Waals surface area contributed by atoms with Gasteiger partial charge in [0.2, 0.25) is 5.91 Å². The maximum atomic E-state index is 13.4. The number of para-hydroxylation sites is 1. The van der Waals surface area contributed by atoms with Crippen LogP contribution in [0.25, 0.3) is 16.7 Å². The largest absolute Gasteiger partial charge is 0.368 e. The topological polar surface area (TPSA) is 76.3 Å². The van der Waals surface area contributed by atoms with Crippen molar-refractivity contribution in [2.24, 2.45) is 0 Å². The molecule has 0 N–H and O–H groups in total. The summed E-state index contributed by atoms with van der Waals surface area (Å²) >= 11 is 1.53. The van der Waals surface area contributed by atoms with Gasteiger partial charge >= 0.3 is 0 Å². The molecule has 6 rings (SSSR count). The molecule has 1 fully saturated rings. The molecule has 0 radical (unpaired) electrons. The molecular formula is C26H26N6O2S. The Morgan fingerprint density at radius 2 is 1.80 bits per heavy atom. The van der Waals surface area contributed by atoms with E-state index in [1.54, 1.807) is 15.4 Å². The molecule has 2 aliphatic rings. The van der Waals surface area contributed by atoms with E-state index in [0.717, 1.165) is 24.3 Å². The van der Waals surface area contributed by atoms with E-state index in [1.807, 2.05) is 54.3 Å². The minimum absolute atomic E-state index is 0.0959. The van der Waals surface area contributed by atoms with E-state index in [1.165, 1.54) is 17.4 Å². The summed E-state index contributed by atoms with van der Waals surface area (Å²) in [6, 6.07) is 18.1. The van der Waals surface area contributed by atoms with Gasteiger partial charge in [0.05, 0.1) is 17.9 Å². The number of piperazine rings is 1. The van der Waals surface area contributed by atoms with Crippen LogP contribution in [0.3, 0.4) is 0 Å². The molecule has 8 nitrogen and oxygen atoms in total. The van der Waals surface area contributed by atoms with Gasteiger partial charge < -0.3 is 9.80 Å². The van der Waals surface area contributed by atoms with E-state index in [-0.39, 0.29) is 17.5 Å². The number of amides is 1. The predicted octanol–water partition coefficient (Wildman–Crippen LogP) is 3.28. The van der Waals surface area contributed by atoms with Crippen molar-refractivity contribution >= 4 is 34.4 Å². The lowest BCUT2D eigenvalue weighted by molar-refractivity contribution is -0.132. The summed E-state index contributed by atoms with van der Waals surface area (Å²) in [4.78, 5) is 35.6. The first-order chi connectivity index (χ1) is 17.1. The fourth-order valence-corrected chi connectivity index (χ4v) is 6.04. The van der Waals surface area contributed by atoms with E-state index in [0.29, 0.717) is 41.5 Å². The number of aromatic nitrogens is 4. The molecule has 1 unspecified atom stereocenters. The minimum Gasteiger partial charge on any atom is -0.368 e. The lowest BCUT2D eigenvalue weighted by Crippen LogP contribution is -2.49. The van der Waals surface area contributed by atoms with Gasteiger partial charge in [-0.25, -0.2) is 9.67 Å². The molecule has 2 aromatic heterocycles. The molecule has 35 heavy (non-hydrogen) atoms. The number of hydrogen-bond acceptors (Lipinski definition) is 6. The van der Waals surface area contributed by atoms with Gasteiger partial charge in [-0.05, 0) is 36.8 Å². The second kappa shape index (κ2) is 8.88. The number of benzene rings is 2. The van der Waals surface area contributed by atoms with Crippen LogP contribution in [0.5, 0.6) is 0 Å². The zero-order valence-electron chi connectivity index (χ0n) is 19.5. The van der Waals surface area contributed by atoms with Crippen LogP contribution in [0.15, 0.2) is 70.7 Å². The third kappa shape index (κ3) is 3.99. The summed E-state index contributed by atoms with van der Waals surface area (Å²) in [5.41, 5.74) is 3.61. The highest BCUT2D eigenvalue weighted by Gasteiger charge is 2.31. The van der Waals surface area contributed by atoms with Crippen LogP contribution >= 0.6 is 11.8 Å². The molecular weight excluding hydrogens is 460 g/mol. The average molecular weight is 487 g/mol. The van der Waals surface area contributed by atoms with Crippen molar-refractivity contribution in [1.82, 2.24) is 24.2 Å². The Balaban J connectivity index is 1.20. The smallest absolute Gasteiger partial charge is 0.265 e. The van der Waals surface area contributed by atoms with E-state index in [9.17, 15) is 9.59 Å². The number of fused-ring (bicyclic) bond motifs is 2. The molecule has 9 heteroatoms. The molecule has 0 spiro atoms. The maximum Gasteiger partial charge on any atom is 0.265 e. The van der Waals surface area contributed by atoms with Gasteiger partial charge in [-0.3, -0.25) is 14.2 Å². The maximum absolute atomic E-state index is 13.4. The van der Waals surface area contributed by atoms with Crippen LogP contribution in [0.4, 0.5) is 5.69 Å². The van der Waals surface area contributed by atoms with Crippen LogP contribution in [0.1, 0.15) is 18.0 Å².